The first kappa shape index (κ1) is 19.3. The van der Waals surface area contributed by atoms with Crippen LogP contribution in [0.4, 0.5) is 0 Å². The van der Waals surface area contributed by atoms with E-state index in [0.717, 1.165) is 32.6 Å². The molecule has 0 saturated carbocycles. The lowest BCUT2D eigenvalue weighted by molar-refractivity contribution is -0.00459. The lowest BCUT2D eigenvalue weighted by Crippen LogP contribution is -2.45. The van der Waals surface area contributed by atoms with E-state index in [-0.39, 0.29) is 11.8 Å². The normalized spacial score (nSPS) is 19.6. The Labute approximate surface area is 188 Å². The molecule has 0 aromatic heterocycles. The van der Waals surface area contributed by atoms with Crippen molar-refractivity contribution in [2.24, 2.45) is 5.10 Å². The zero-order valence-corrected chi connectivity index (χ0v) is 18.5. The molecule has 2 aliphatic rings. The van der Waals surface area contributed by atoms with Gasteiger partial charge in [0.15, 0.2) is 0 Å². The van der Waals surface area contributed by atoms with Crippen molar-refractivity contribution in [2.75, 3.05) is 0 Å². The fourth-order valence-electron chi connectivity index (χ4n) is 3.91. The monoisotopic (exact) mass is 480 g/mol. The number of halogens is 2. The second-order valence-electron chi connectivity index (χ2n) is 7.54. The molecule has 0 aliphatic carbocycles. The zero-order chi connectivity index (χ0) is 20.8. The summed E-state index contributed by atoms with van der Waals surface area (Å²) in [6.45, 7) is 2.00. The van der Waals surface area contributed by atoms with Gasteiger partial charge in [0.1, 0.15) is 5.75 Å². The first-order chi connectivity index (χ1) is 14.5. The Kier molecular flexibility index (Phi) is 4.88. The van der Waals surface area contributed by atoms with Crippen LogP contribution in [0, 0.1) is 6.92 Å². The summed E-state index contributed by atoms with van der Waals surface area (Å²) in [5.74, 6) is 0.618. The van der Waals surface area contributed by atoms with Gasteiger partial charge < -0.3 is 4.74 Å². The van der Waals surface area contributed by atoms with Crippen LogP contribution in [0.3, 0.4) is 0 Å². The number of ether oxygens (including phenoxy) is 1. The fourth-order valence-corrected chi connectivity index (χ4v) is 4.41. The number of hydrogen-bond acceptors (Lipinski definition) is 4. The quantitative estimate of drug-likeness (QED) is 0.421. The minimum atomic E-state index is -0.809. The van der Waals surface area contributed by atoms with Gasteiger partial charge in [-0.2, -0.15) is 5.10 Å². The van der Waals surface area contributed by atoms with E-state index in [1.165, 1.54) is 0 Å². The number of hydrogen-bond donors (Lipinski definition) is 0. The van der Waals surface area contributed by atoms with E-state index in [1.54, 1.807) is 5.01 Å². The minimum absolute atomic E-state index is 0.0728. The third-order valence-corrected chi connectivity index (χ3v) is 6.23. The number of ketones is 1. The first-order valence-corrected chi connectivity index (χ1v) is 10.9. The molecule has 0 fully saturated rings. The summed E-state index contributed by atoms with van der Waals surface area (Å²) in [7, 11) is 0. The fraction of sp³-hybridized carbons (Fsp3) is 0.167. The number of hydrazone groups is 1. The molecular weight excluding hydrogens is 464 g/mol. The number of nitrogens with zero attached hydrogens (tertiary/aromatic N) is 2. The highest BCUT2D eigenvalue weighted by Gasteiger charge is 2.43. The standard InChI is InChI=1S/C24H18BrClN2O2/c1-14-2-4-16(5-3-14)23(29)24-28-21(19-12-17(25)8-11-22(19)30-24)13-20(27-28)15-6-9-18(26)10-7-15/h2-12,21,24H,13H2,1H3/t21-,24-/m1/s1. The van der Waals surface area contributed by atoms with E-state index >= 15 is 0 Å². The molecule has 0 bridgehead atoms. The first-order valence-electron chi connectivity index (χ1n) is 9.68. The van der Waals surface area contributed by atoms with Crippen LogP contribution in [0.15, 0.2) is 76.3 Å². The lowest BCUT2D eigenvalue weighted by atomic mass is 9.95. The number of carbonyl (C=O) groups excluding carboxylic acids is 1. The lowest BCUT2D eigenvalue weighted by Gasteiger charge is -2.37. The molecular formula is C24H18BrClN2O2. The topological polar surface area (TPSA) is 41.9 Å². The van der Waals surface area contributed by atoms with Crippen LogP contribution in [0.25, 0.3) is 0 Å². The van der Waals surface area contributed by atoms with E-state index in [1.807, 2.05) is 73.7 Å². The Morgan fingerprint density at radius 1 is 1.10 bits per heavy atom. The summed E-state index contributed by atoms with van der Waals surface area (Å²) in [6, 6.07) is 21.0. The molecule has 4 nitrogen and oxygen atoms in total. The Balaban J connectivity index is 1.57. The van der Waals surface area contributed by atoms with Crippen molar-refractivity contribution in [1.29, 1.82) is 0 Å². The van der Waals surface area contributed by atoms with Crippen LogP contribution in [-0.4, -0.2) is 22.7 Å². The zero-order valence-electron chi connectivity index (χ0n) is 16.2. The third-order valence-electron chi connectivity index (χ3n) is 5.49. The molecule has 6 heteroatoms. The smallest absolute Gasteiger partial charge is 0.251 e. The van der Waals surface area contributed by atoms with Gasteiger partial charge in [0.2, 0.25) is 5.78 Å². The van der Waals surface area contributed by atoms with Crippen LogP contribution >= 0.6 is 27.5 Å². The van der Waals surface area contributed by atoms with Gasteiger partial charge in [-0.15, -0.1) is 0 Å². The highest BCUT2D eigenvalue weighted by atomic mass is 79.9. The molecule has 0 N–H and O–H groups in total. The van der Waals surface area contributed by atoms with E-state index in [9.17, 15) is 4.79 Å². The molecule has 3 aromatic carbocycles. The molecule has 0 saturated heterocycles. The van der Waals surface area contributed by atoms with Crippen LogP contribution in [0.5, 0.6) is 5.75 Å². The van der Waals surface area contributed by atoms with E-state index in [2.05, 4.69) is 15.9 Å². The van der Waals surface area contributed by atoms with Gasteiger partial charge in [0.05, 0.1) is 11.8 Å². The highest BCUT2D eigenvalue weighted by molar-refractivity contribution is 9.10. The Morgan fingerprint density at radius 2 is 1.83 bits per heavy atom. The van der Waals surface area contributed by atoms with Crippen LogP contribution in [0.1, 0.15) is 39.5 Å². The average molecular weight is 482 g/mol. The number of aryl methyl sites for hydroxylation is 1. The van der Waals surface area contributed by atoms with Crippen molar-refractivity contribution < 1.29 is 9.53 Å². The molecule has 2 heterocycles. The number of benzene rings is 3. The molecule has 0 amide bonds. The summed E-state index contributed by atoms with van der Waals surface area (Å²) in [6.07, 6.45) is -0.122. The van der Waals surface area contributed by atoms with Crippen molar-refractivity contribution in [1.82, 2.24) is 5.01 Å². The molecule has 0 unspecified atom stereocenters. The van der Waals surface area contributed by atoms with E-state index in [4.69, 9.17) is 21.4 Å². The SMILES string of the molecule is Cc1ccc(C(=O)[C@H]2Oc3ccc(Br)cc3[C@H]3CC(c4ccc(Cl)cc4)=NN23)cc1. The second-order valence-corrected chi connectivity index (χ2v) is 8.89. The van der Waals surface area contributed by atoms with Gasteiger partial charge in [-0.1, -0.05) is 69.5 Å². The second kappa shape index (κ2) is 7.56. The molecule has 150 valence electrons. The molecule has 2 atom stereocenters. The van der Waals surface area contributed by atoms with Crippen LogP contribution in [-0.2, 0) is 0 Å². The summed E-state index contributed by atoms with van der Waals surface area (Å²) < 4.78 is 7.14. The average Bonchev–Trinajstić information content (AvgIpc) is 3.19. The molecule has 0 spiro atoms. The van der Waals surface area contributed by atoms with Gasteiger partial charge >= 0.3 is 0 Å². The van der Waals surface area contributed by atoms with E-state index < -0.39 is 6.23 Å². The predicted octanol–water partition coefficient (Wildman–Crippen LogP) is 6.16. The van der Waals surface area contributed by atoms with E-state index in [0.29, 0.717) is 17.0 Å². The molecule has 2 aliphatic heterocycles. The molecule has 0 radical (unpaired) electrons. The number of rotatable bonds is 3. The number of Topliss-reactive ketones (excluding diaryl/α,β-unsaturated/α-hetero) is 1. The molecule has 3 aromatic rings. The van der Waals surface area contributed by atoms with Crippen molar-refractivity contribution in [3.05, 3.63) is 98.5 Å². The maximum Gasteiger partial charge on any atom is 0.251 e. The highest BCUT2D eigenvalue weighted by Crippen LogP contribution is 2.44. The van der Waals surface area contributed by atoms with Crippen molar-refractivity contribution in [3.63, 3.8) is 0 Å². The van der Waals surface area contributed by atoms with Gasteiger partial charge in [0, 0.05) is 27.0 Å². The Morgan fingerprint density at radius 3 is 2.57 bits per heavy atom. The van der Waals surface area contributed by atoms with Crippen LogP contribution in [0.2, 0.25) is 5.02 Å². The van der Waals surface area contributed by atoms with Gasteiger partial charge in [-0.3, -0.25) is 4.79 Å². The Hall–Kier alpha value is -2.63. The number of carbonyl (C=O) groups is 1. The predicted molar refractivity (Wildman–Crippen MR) is 121 cm³/mol. The number of fused-ring (bicyclic) bond motifs is 3. The summed E-state index contributed by atoms with van der Waals surface area (Å²) in [5, 5.41) is 7.32. The van der Waals surface area contributed by atoms with Crippen molar-refractivity contribution in [2.45, 2.75) is 25.6 Å². The van der Waals surface area contributed by atoms with Gasteiger partial charge in [-0.05, 0) is 42.8 Å². The maximum absolute atomic E-state index is 13.4. The Bertz CT molecular complexity index is 1160. The third kappa shape index (κ3) is 3.42. The van der Waals surface area contributed by atoms with Crippen molar-refractivity contribution >= 4 is 39.0 Å². The summed E-state index contributed by atoms with van der Waals surface area (Å²) in [4.78, 5) is 13.4. The van der Waals surface area contributed by atoms with Crippen molar-refractivity contribution in [3.8, 4) is 5.75 Å². The largest absolute Gasteiger partial charge is 0.461 e. The summed E-state index contributed by atoms with van der Waals surface area (Å²) >= 11 is 9.60. The minimum Gasteiger partial charge on any atom is -0.461 e. The molecule has 30 heavy (non-hydrogen) atoms. The maximum atomic E-state index is 13.4. The van der Waals surface area contributed by atoms with Crippen LogP contribution < -0.4 is 4.74 Å². The molecule has 5 rings (SSSR count). The van der Waals surface area contributed by atoms with Gasteiger partial charge in [0.25, 0.3) is 6.23 Å². The van der Waals surface area contributed by atoms with Gasteiger partial charge in [-0.25, -0.2) is 5.01 Å². The summed E-state index contributed by atoms with van der Waals surface area (Å²) in [5.41, 5.74) is 4.64.